The summed E-state index contributed by atoms with van der Waals surface area (Å²) in [6, 6.07) is 8.54. The van der Waals surface area contributed by atoms with Crippen molar-refractivity contribution < 1.29 is 0 Å². The quantitative estimate of drug-likeness (QED) is 0.473. The van der Waals surface area contributed by atoms with Gasteiger partial charge in [-0.3, -0.25) is 0 Å². The van der Waals surface area contributed by atoms with Crippen LogP contribution in [0.3, 0.4) is 0 Å². The van der Waals surface area contributed by atoms with Gasteiger partial charge in [0.1, 0.15) is 10.8 Å². The Morgan fingerprint density at radius 3 is 2.81 bits per heavy atom. The maximum atomic E-state index is 4.83. The molecule has 0 bridgehead atoms. The van der Waals surface area contributed by atoms with Gasteiger partial charge in [-0.05, 0) is 32.8 Å². The van der Waals surface area contributed by atoms with Crippen LogP contribution in [-0.2, 0) is 12.3 Å². The highest BCUT2D eigenvalue weighted by Gasteiger charge is 2.23. The summed E-state index contributed by atoms with van der Waals surface area (Å²) in [7, 11) is 0. The molecule has 0 spiro atoms. The molecule has 0 unspecified atom stereocenters. The molecule has 2 aromatic heterocycles. The minimum atomic E-state index is 0.591. The number of aryl methyl sites for hydroxylation is 1. The zero-order valence-electron chi connectivity index (χ0n) is 16.0. The minimum Gasteiger partial charge on any atom is -0.306 e. The van der Waals surface area contributed by atoms with E-state index in [-0.39, 0.29) is 0 Å². The molecule has 0 atom stereocenters. The van der Waals surface area contributed by atoms with Gasteiger partial charge in [0.2, 0.25) is 0 Å². The normalized spacial score (nSPS) is 15.3. The zero-order valence-corrected chi connectivity index (χ0v) is 17.7. The van der Waals surface area contributed by atoms with Crippen molar-refractivity contribution in [3.63, 3.8) is 0 Å². The molecule has 27 heavy (non-hydrogen) atoms. The summed E-state index contributed by atoms with van der Waals surface area (Å²) in [5.41, 5.74) is 3.59. The Labute approximate surface area is 169 Å². The molecular weight excluding hydrogens is 372 g/mol. The number of nitrogens with zero attached hydrogens (tertiary/aromatic N) is 4. The van der Waals surface area contributed by atoms with Crippen LogP contribution in [0.5, 0.6) is 0 Å². The molecule has 0 amide bonds. The third-order valence-electron chi connectivity index (χ3n) is 5.20. The van der Waals surface area contributed by atoms with E-state index in [2.05, 4.69) is 58.3 Å². The maximum Gasteiger partial charge on any atom is 0.191 e. The first-order chi connectivity index (χ1) is 13.2. The molecule has 2 heterocycles. The van der Waals surface area contributed by atoms with Crippen LogP contribution in [0.2, 0.25) is 0 Å². The Hall–Kier alpha value is -1.66. The molecule has 0 radical (unpaired) electrons. The van der Waals surface area contributed by atoms with Gasteiger partial charge in [-0.15, -0.1) is 21.5 Å². The molecule has 1 aliphatic carbocycles. The summed E-state index contributed by atoms with van der Waals surface area (Å²) in [6.07, 6.45) is 6.53. The van der Waals surface area contributed by atoms with E-state index in [0.29, 0.717) is 5.92 Å². The van der Waals surface area contributed by atoms with E-state index in [1.165, 1.54) is 49.1 Å². The van der Waals surface area contributed by atoms with E-state index in [9.17, 15) is 0 Å². The van der Waals surface area contributed by atoms with E-state index in [4.69, 9.17) is 4.98 Å². The summed E-state index contributed by atoms with van der Waals surface area (Å²) < 4.78 is 2.31. The highest BCUT2D eigenvalue weighted by Crippen LogP contribution is 2.34. The third kappa shape index (κ3) is 4.27. The summed E-state index contributed by atoms with van der Waals surface area (Å²) in [6.45, 7) is 5.25. The van der Waals surface area contributed by atoms with Crippen LogP contribution in [0.15, 0.2) is 34.8 Å². The SMILES string of the molecule is CCn1c(SCc2csc(-c3cccc(C)c3)n2)nnc1C1CCCCC1. The molecule has 4 nitrogen and oxygen atoms in total. The number of hydrogen-bond donors (Lipinski definition) is 0. The van der Waals surface area contributed by atoms with E-state index < -0.39 is 0 Å². The fourth-order valence-corrected chi connectivity index (χ4v) is 5.61. The van der Waals surface area contributed by atoms with E-state index >= 15 is 0 Å². The Morgan fingerprint density at radius 1 is 1.19 bits per heavy atom. The highest BCUT2D eigenvalue weighted by molar-refractivity contribution is 7.98. The number of rotatable bonds is 6. The fourth-order valence-electron chi connectivity index (χ4n) is 3.79. The van der Waals surface area contributed by atoms with Crippen LogP contribution in [-0.4, -0.2) is 19.7 Å². The maximum absolute atomic E-state index is 4.83. The first kappa shape index (κ1) is 18.7. The van der Waals surface area contributed by atoms with E-state index in [1.807, 2.05) is 0 Å². The number of benzene rings is 1. The molecule has 1 aliphatic rings. The van der Waals surface area contributed by atoms with Crippen molar-refractivity contribution in [3.05, 3.63) is 46.7 Å². The van der Waals surface area contributed by atoms with Crippen LogP contribution < -0.4 is 0 Å². The second kappa shape index (κ2) is 8.57. The minimum absolute atomic E-state index is 0.591. The van der Waals surface area contributed by atoms with Crippen molar-refractivity contribution >= 4 is 23.1 Å². The van der Waals surface area contributed by atoms with Gasteiger partial charge >= 0.3 is 0 Å². The Morgan fingerprint density at radius 2 is 2.04 bits per heavy atom. The van der Waals surface area contributed by atoms with Gasteiger partial charge in [0.15, 0.2) is 5.16 Å². The van der Waals surface area contributed by atoms with Crippen molar-refractivity contribution in [2.24, 2.45) is 0 Å². The summed E-state index contributed by atoms with van der Waals surface area (Å²) >= 11 is 3.47. The van der Waals surface area contributed by atoms with Gasteiger partial charge in [-0.25, -0.2) is 4.98 Å². The van der Waals surface area contributed by atoms with Crippen LogP contribution in [0, 0.1) is 6.92 Å². The number of hydrogen-bond acceptors (Lipinski definition) is 5. The van der Waals surface area contributed by atoms with Crippen molar-refractivity contribution in [2.45, 2.75) is 69.3 Å². The van der Waals surface area contributed by atoms with E-state index in [1.54, 1.807) is 23.1 Å². The number of aromatic nitrogens is 4. The average Bonchev–Trinajstić information content (AvgIpc) is 3.34. The molecule has 142 valence electrons. The summed E-state index contributed by atoms with van der Waals surface area (Å²) in [5.74, 6) is 2.62. The lowest BCUT2D eigenvalue weighted by molar-refractivity contribution is 0.413. The highest BCUT2D eigenvalue weighted by atomic mass is 32.2. The number of thiazole rings is 1. The Bertz CT molecular complexity index is 893. The summed E-state index contributed by atoms with van der Waals surface area (Å²) in [4.78, 5) is 4.83. The van der Waals surface area contributed by atoms with Gasteiger partial charge in [0.25, 0.3) is 0 Å². The predicted molar refractivity (Wildman–Crippen MR) is 113 cm³/mol. The summed E-state index contributed by atoms with van der Waals surface area (Å²) in [5, 5.41) is 13.4. The molecule has 4 rings (SSSR count). The first-order valence-electron chi connectivity index (χ1n) is 9.82. The molecule has 1 fully saturated rings. The predicted octanol–water partition coefficient (Wildman–Crippen LogP) is 6.07. The molecule has 6 heteroatoms. The van der Waals surface area contributed by atoms with Crippen molar-refractivity contribution in [1.29, 1.82) is 0 Å². The van der Waals surface area contributed by atoms with Crippen molar-refractivity contribution in [2.75, 3.05) is 0 Å². The lowest BCUT2D eigenvalue weighted by Gasteiger charge is -2.21. The van der Waals surface area contributed by atoms with Crippen LogP contribution in [0.25, 0.3) is 10.6 Å². The standard InChI is InChI=1S/C21H26N4S2/c1-3-25-19(16-9-5-4-6-10-16)23-24-21(25)27-14-18-13-26-20(22-18)17-11-7-8-15(2)12-17/h7-8,11-13,16H,3-6,9-10,14H2,1-2H3. The zero-order chi connectivity index (χ0) is 18.6. The largest absolute Gasteiger partial charge is 0.306 e. The topological polar surface area (TPSA) is 43.6 Å². The average molecular weight is 399 g/mol. The van der Waals surface area contributed by atoms with Crippen molar-refractivity contribution in [3.8, 4) is 10.6 Å². The van der Waals surface area contributed by atoms with Gasteiger partial charge in [0.05, 0.1) is 5.69 Å². The molecule has 0 saturated heterocycles. The molecule has 1 aromatic carbocycles. The van der Waals surface area contributed by atoms with Crippen LogP contribution in [0.4, 0.5) is 0 Å². The third-order valence-corrected chi connectivity index (χ3v) is 7.14. The number of thioether (sulfide) groups is 1. The smallest absolute Gasteiger partial charge is 0.191 e. The van der Waals surface area contributed by atoms with Crippen LogP contribution in [0.1, 0.15) is 62.0 Å². The van der Waals surface area contributed by atoms with Crippen molar-refractivity contribution in [1.82, 2.24) is 19.7 Å². The molecule has 1 saturated carbocycles. The Kier molecular flexibility index (Phi) is 5.93. The lowest BCUT2D eigenvalue weighted by atomic mass is 9.89. The first-order valence-corrected chi connectivity index (χ1v) is 11.7. The van der Waals surface area contributed by atoms with Gasteiger partial charge in [0, 0.05) is 29.2 Å². The molecular formula is C21H26N4S2. The van der Waals surface area contributed by atoms with Gasteiger partial charge < -0.3 is 4.57 Å². The lowest BCUT2D eigenvalue weighted by Crippen LogP contribution is -2.12. The van der Waals surface area contributed by atoms with Gasteiger partial charge in [-0.1, -0.05) is 54.8 Å². The second-order valence-corrected chi connectivity index (χ2v) is 9.02. The molecule has 0 aliphatic heterocycles. The second-order valence-electron chi connectivity index (χ2n) is 7.22. The Balaban J connectivity index is 1.45. The monoisotopic (exact) mass is 398 g/mol. The fraction of sp³-hybridized carbons (Fsp3) is 0.476. The van der Waals surface area contributed by atoms with Gasteiger partial charge in [-0.2, -0.15) is 0 Å². The van der Waals surface area contributed by atoms with E-state index in [0.717, 1.165) is 28.2 Å². The molecule has 0 N–H and O–H groups in total. The molecule has 3 aromatic rings. The van der Waals surface area contributed by atoms with Crippen LogP contribution >= 0.6 is 23.1 Å².